The Morgan fingerprint density at radius 1 is 1.32 bits per heavy atom. The molecule has 0 aliphatic carbocycles. The molecule has 102 valence electrons. The quantitative estimate of drug-likeness (QED) is 0.909. The fraction of sp³-hybridized carbons (Fsp3) is 0.467. The molecule has 1 N–H and O–H groups in total. The molecule has 0 saturated carbocycles. The monoisotopic (exact) mass is 261 g/mol. The third-order valence-electron chi connectivity index (χ3n) is 3.52. The van der Waals surface area contributed by atoms with Gasteiger partial charge >= 0.3 is 5.97 Å². The summed E-state index contributed by atoms with van der Waals surface area (Å²) in [5.41, 5.74) is 0.598. The molecule has 0 bridgehead atoms. The fourth-order valence-corrected chi connectivity index (χ4v) is 2.77. The van der Waals surface area contributed by atoms with Gasteiger partial charge in [-0.15, -0.1) is 0 Å². The van der Waals surface area contributed by atoms with Crippen LogP contribution in [-0.2, 0) is 4.79 Å². The first-order valence-electron chi connectivity index (χ1n) is 6.47. The first-order chi connectivity index (χ1) is 8.89. The Hall–Kier alpha value is -1.84. The summed E-state index contributed by atoms with van der Waals surface area (Å²) >= 11 is 0. The van der Waals surface area contributed by atoms with Crippen LogP contribution in [0.25, 0.3) is 0 Å². The molecule has 1 heterocycles. The summed E-state index contributed by atoms with van der Waals surface area (Å²) in [4.78, 5) is 25.1. The van der Waals surface area contributed by atoms with Crippen molar-refractivity contribution in [3.63, 3.8) is 0 Å². The second-order valence-electron chi connectivity index (χ2n) is 5.92. The molecule has 1 saturated heterocycles. The third kappa shape index (κ3) is 3.13. The van der Waals surface area contributed by atoms with Crippen molar-refractivity contribution in [2.24, 2.45) is 5.41 Å². The molecule has 1 aliphatic rings. The lowest BCUT2D eigenvalue weighted by atomic mass is 9.90. The predicted molar refractivity (Wildman–Crippen MR) is 71.9 cm³/mol. The highest BCUT2D eigenvalue weighted by Gasteiger charge is 2.40. The van der Waals surface area contributed by atoms with E-state index < -0.39 is 5.97 Å². The van der Waals surface area contributed by atoms with Crippen molar-refractivity contribution >= 4 is 11.9 Å². The number of carbonyl (C=O) groups is 2. The van der Waals surface area contributed by atoms with E-state index in [2.05, 4.69) is 13.8 Å². The van der Waals surface area contributed by atoms with Crippen molar-refractivity contribution in [3.8, 4) is 0 Å². The van der Waals surface area contributed by atoms with Gasteiger partial charge in [-0.1, -0.05) is 32.0 Å². The van der Waals surface area contributed by atoms with E-state index in [4.69, 9.17) is 5.11 Å². The van der Waals surface area contributed by atoms with E-state index in [9.17, 15) is 9.59 Å². The number of benzene rings is 1. The SMILES string of the molecule is CC1(C)CC(CC(=O)O)N(C(=O)c2ccccc2)C1. The van der Waals surface area contributed by atoms with E-state index in [-0.39, 0.29) is 23.8 Å². The summed E-state index contributed by atoms with van der Waals surface area (Å²) < 4.78 is 0. The second kappa shape index (κ2) is 5.03. The van der Waals surface area contributed by atoms with Gasteiger partial charge in [-0.05, 0) is 24.0 Å². The molecule has 2 rings (SSSR count). The topological polar surface area (TPSA) is 57.6 Å². The number of nitrogens with zero attached hydrogens (tertiary/aromatic N) is 1. The highest BCUT2D eigenvalue weighted by atomic mass is 16.4. The lowest BCUT2D eigenvalue weighted by Crippen LogP contribution is -2.37. The van der Waals surface area contributed by atoms with Gasteiger partial charge in [-0.2, -0.15) is 0 Å². The molecule has 1 aromatic carbocycles. The van der Waals surface area contributed by atoms with Crippen molar-refractivity contribution in [1.29, 1.82) is 0 Å². The van der Waals surface area contributed by atoms with Gasteiger partial charge < -0.3 is 10.0 Å². The van der Waals surface area contributed by atoms with Gasteiger partial charge in [-0.3, -0.25) is 9.59 Å². The van der Waals surface area contributed by atoms with Crippen molar-refractivity contribution < 1.29 is 14.7 Å². The van der Waals surface area contributed by atoms with Crippen LogP contribution in [0.2, 0.25) is 0 Å². The van der Waals surface area contributed by atoms with E-state index in [1.807, 2.05) is 18.2 Å². The Morgan fingerprint density at radius 2 is 1.95 bits per heavy atom. The molecule has 0 spiro atoms. The van der Waals surface area contributed by atoms with Crippen LogP contribution < -0.4 is 0 Å². The van der Waals surface area contributed by atoms with Gasteiger partial charge in [0.1, 0.15) is 0 Å². The molecular weight excluding hydrogens is 242 g/mol. The maximum atomic E-state index is 12.5. The Morgan fingerprint density at radius 3 is 2.53 bits per heavy atom. The molecule has 0 aromatic heterocycles. The first kappa shape index (κ1) is 13.6. The van der Waals surface area contributed by atoms with Crippen LogP contribution in [-0.4, -0.2) is 34.5 Å². The maximum absolute atomic E-state index is 12.5. The Kier molecular flexibility index (Phi) is 3.60. The number of carboxylic acids is 1. The highest BCUT2D eigenvalue weighted by molar-refractivity contribution is 5.94. The van der Waals surface area contributed by atoms with Gasteiger partial charge in [-0.25, -0.2) is 0 Å². The second-order valence-corrected chi connectivity index (χ2v) is 5.92. The number of hydrogen-bond acceptors (Lipinski definition) is 2. The molecule has 19 heavy (non-hydrogen) atoms. The van der Waals surface area contributed by atoms with Gasteiger partial charge in [0.25, 0.3) is 5.91 Å². The first-order valence-corrected chi connectivity index (χ1v) is 6.47. The van der Waals surface area contributed by atoms with E-state index in [0.29, 0.717) is 12.1 Å². The van der Waals surface area contributed by atoms with Crippen molar-refractivity contribution in [2.45, 2.75) is 32.7 Å². The number of aliphatic carboxylic acids is 1. The molecule has 1 aliphatic heterocycles. The highest BCUT2D eigenvalue weighted by Crippen LogP contribution is 2.36. The van der Waals surface area contributed by atoms with Crippen LogP contribution in [0.15, 0.2) is 30.3 Å². The van der Waals surface area contributed by atoms with Crippen LogP contribution in [0.5, 0.6) is 0 Å². The number of rotatable bonds is 3. The van der Waals surface area contributed by atoms with Crippen LogP contribution >= 0.6 is 0 Å². The molecule has 1 fully saturated rings. The van der Waals surface area contributed by atoms with Crippen LogP contribution in [0.4, 0.5) is 0 Å². The number of carbonyl (C=O) groups excluding carboxylic acids is 1. The van der Waals surface area contributed by atoms with Crippen LogP contribution in [0, 0.1) is 5.41 Å². The number of amides is 1. The largest absolute Gasteiger partial charge is 0.481 e. The number of likely N-dealkylation sites (tertiary alicyclic amines) is 1. The molecule has 4 nitrogen and oxygen atoms in total. The predicted octanol–water partition coefficient (Wildman–Crippen LogP) is 2.40. The van der Waals surface area contributed by atoms with Gasteiger partial charge in [0.15, 0.2) is 0 Å². The lowest BCUT2D eigenvalue weighted by Gasteiger charge is -2.24. The summed E-state index contributed by atoms with van der Waals surface area (Å²) in [6.07, 6.45) is 0.750. The van der Waals surface area contributed by atoms with Crippen molar-refractivity contribution in [2.75, 3.05) is 6.54 Å². The summed E-state index contributed by atoms with van der Waals surface area (Å²) in [5, 5.41) is 8.98. The lowest BCUT2D eigenvalue weighted by molar-refractivity contribution is -0.137. The number of carboxylic acid groups (broad SMARTS) is 1. The summed E-state index contributed by atoms with van der Waals surface area (Å²) in [6, 6.07) is 8.83. The Bertz CT molecular complexity index is 481. The molecular formula is C15H19NO3. The smallest absolute Gasteiger partial charge is 0.305 e. The van der Waals surface area contributed by atoms with Crippen molar-refractivity contribution in [1.82, 2.24) is 4.90 Å². The molecule has 4 heteroatoms. The van der Waals surface area contributed by atoms with Crippen LogP contribution in [0.1, 0.15) is 37.0 Å². The summed E-state index contributed by atoms with van der Waals surface area (Å²) in [6.45, 7) is 4.75. The number of hydrogen-bond donors (Lipinski definition) is 1. The van der Waals surface area contributed by atoms with Gasteiger partial charge in [0.05, 0.1) is 6.42 Å². The molecule has 1 aromatic rings. The zero-order valence-corrected chi connectivity index (χ0v) is 11.3. The Labute approximate surface area is 113 Å². The Balaban J connectivity index is 2.21. The molecule has 1 atom stereocenters. The average molecular weight is 261 g/mol. The van der Waals surface area contributed by atoms with E-state index in [0.717, 1.165) is 6.42 Å². The van der Waals surface area contributed by atoms with Gasteiger partial charge in [0.2, 0.25) is 0 Å². The maximum Gasteiger partial charge on any atom is 0.305 e. The third-order valence-corrected chi connectivity index (χ3v) is 3.52. The normalized spacial score (nSPS) is 21.4. The molecule has 0 radical (unpaired) electrons. The zero-order chi connectivity index (χ0) is 14.0. The van der Waals surface area contributed by atoms with E-state index in [1.54, 1.807) is 17.0 Å². The molecule has 1 amide bonds. The summed E-state index contributed by atoms with van der Waals surface area (Å²) in [5.74, 6) is -0.925. The summed E-state index contributed by atoms with van der Waals surface area (Å²) in [7, 11) is 0. The average Bonchev–Trinajstić information content (AvgIpc) is 2.63. The minimum absolute atomic E-state index is 0.0159. The minimum Gasteiger partial charge on any atom is -0.481 e. The van der Waals surface area contributed by atoms with E-state index >= 15 is 0 Å². The molecule has 1 unspecified atom stereocenters. The van der Waals surface area contributed by atoms with Crippen LogP contribution in [0.3, 0.4) is 0 Å². The minimum atomic E-state index is -0.853. The van der Waals surface area contributed by atoms with Gasteiger partial charge in [0, 0.05) is 18.2 Å². The zero-order valence-electron chi connectivity index (χ0n) is 11.3. The fourth-order valence-electron chi connectivity index (χ4n) is 2.77. The van der Waals surface area contributed by atoms with Crippen molar-refractivity contribution in [3.05, 3.63) is 35.9 Å². The van der Waals surface area contributed by atoms with E-state index in [1.165, 1.54) is 0 Å². The standard InChI is InChI=1S/C15H19NO3/c1-15(2)9-12(8-13(17)18)16(10-15)14(19)11-6-4-3-5-7-11/h3-7,12H,8-10H2,1-2H3,(H,17,18).